The van der Waals surface area contributed by atoms with Gasteiger partial charge in [-0.15, -0.1) is 0 Å². The van der Waals surface area contributed by atoms with Crippen molar-refractivity contribution in [3.05, 3.63) is 32.1 Å². The van der Waals surface area contributed by atoms with Crippen molar-refractivity contribution in [2.45, 2.75) is 58.0 Å². The lowest BCUT2D eigenvalue weighted by atomic mass is 9.78. The van der Waals surface area contributed by atoms with Crippen molar-refractivity contribution in [1.82, 2.24) is 14.0 Å². The highest BCUT2D eigenvalue weighted by atomic mass is 16.2. The number of amides is 1. The Kier molecular flexibility index (Phi) is 4.80. The third kappa shape index (κ3) is 3.01. The molecule has 0 spiro atoms. The minimum absolute atomic E-state index is 0.0795. The maximum absolute atomic E-state index is 12.9. The average molecular weight is 344 g/mol. The second-order valence-electron chi connectivity index (χ2n) is 7.15. The lowest BCUT2D eigenvalue weighted by molar-refractivity contribution is -0.138. The zero-order valence-corrected chi connectivity index (χ0v) is 14.8. The van der Waals surface area contributed by atoms with Crippen LogP contribution in [0.15, 0.2) is 9.59 Å². The van der Waals surface area contributed by atoms with E-state index in [2.05, 4.69) is 0 Å². The highest BCUT2D eigenvalue weighted by molar-refractivity contribution is 5.76. The summed E-state index contributed by atoms with van der Waals surface area (Å²) in [6.45, 7) is 1.96. The number of nitrogens with zero attached hydrogens (tertiary/aromatic N) is 4. The molecule has 2 aliphatic rings. The van der Waals surface area contributed by atoms with E-state index in [0.717, 1.165) is 36.7 Å². The van der Waals surface area contributed by atoms with E-state index in [9.17, 15) is 19.6 Å². The Morgan fingerprint density at radius 1 is 1.20 bits per heavy atom. The number of aromatic nitrogens is 2. The van der Waals surface area contributed by atoms with Crippen LogP contribution < -0.4 is 11.2 Å². The van der Waals surface area contributed by atoms with Crippen LogP contribution in [0.3, 0.4) is 0 Å². The first-order chi connectivity index (χ1) is 12.0. The van der Waals surface area contributed by atoms with Crippen LogP contribution in [0.25, 0.3) is 0 Å². The third-order valence-electron chi connectivity index (χ3n) is 5.81. The van der Waals surface area contributed by atoms with Crippen molar-refractivity contribution >= 4 is 5.91 Å². The molecule has 0 bridgehead atoms. The quantitative estimate of drug-likeness (QED) is 0.798. The van der Waals surface area contributed by atoms with Gasteiger partial charge >= 0.3 is 5.69 Å². The zero-order valence-electron chi connectivity index (χ0n) is 14.8. The van der Waals surface area contributed by atoms with Crippen LogP contribution in [0, 0.1) is 24.2 Å². The fourth-order valence-corrected chi connectivity index (χ4v) is 4.30. The maximum atomic E-state index is 12.9. The molecule has 7 heteroatoms. The summed E-state index contributed by atoms with van der Waals surface area (Å²) in [5, 5.41) is 9.20. The van der Waals surface area contributed by atoms with Crippen LogP contribution in [0.4, 0.5) is 0 Å². The largest absolute Gasteiger partial charge is 0.338 e. The number of carbonyl (C=O) groups is 1. The molecule has 7 nitrogen and oxygen atoms in total. The lowest BCUT2D eigenvalue weighted by Gasteiger charge is -2.44. The highest BCUT2D eigenvalue weighted by Gasteiger charge is 2.35. The molecule has 1 aliphatic heterocycles. The van der Waals surface area contributed by atoms with Gasteiger partial charge < -0.3 is 4.90 Å². The van der Waals surface area contributed by atoms with Gasteiger partial charge in [-0.1, -0.05) is 12.8 Å². The van der Waals surface area contributed by atoms with E-state index >= 15 is 0 Å². The minimum atomic E-state index is -0.673. The van der Waals surface area contributed by atoms with Gasteiger partial charge in [-0.05, 0) is 38.5 Å². The number of piperidine rings is 1. The summed E-state index contributed by atoms with van der Waals surface area (Å²) in [7, 11) is 1.51. The molecule has 0 N–H and O–H groups in total. The zero-order chi connectivity index (χ0) is 18.1. The predicted molar refractivity (Wildman–Crippen MR) is 92.1 cm³/mol. The summed E-state index contributed by atoms with van der Waals surface area (Å²) in [5.41, 5.74) is -0.976. The summed E-state index contributed by atoms with van der Waals surface area (Å²) < 4.78 is 2.16. The summed E-state index contributed by atoms with van der Waals surface area (Å²) in [4.78, 5) is 39.6. The molecule has 1 saturated heterocycles. The average Bonchev–Trinajstić information content (AvgIpc) is 2.63. The van der Waals surface area contributed by atoms with E-state index in [1.54, 1.807) is 6.92 Å². The van der Waals surface area contributed by atoms with E-state index in [4.69, 9.17) is 0 Å². The number of fused-ring (bicyclic) bond motifs is 1. The summed E-state index contributed by atoms with van der Waals surface area (Å²) in [6, 6.07) is 2.08. The molecule has 1 aromatic rings. The molecule has 1 amide bonds. The molecule has 0 aromatic carbocycles. The predicted octanol–water partition coefficient (Wildman–Crippen LogP) is 0.908. The first-order valence-electron chi connectivity index (χ1n) is 8.95. The van der Waals surface area contributed by atoms with E-state index < -0.39 is 11.2 Å². The Morgan fingerprint density at radius 3 is 2.60 bits per heavy atom. The Morgan fingerprint density at radius 2 is 1.88 bits per heavy atom. The summed E-state index contributed by atoms with van der Waals surface area (Å²) in [6.07, 6.45) is 6.61. The molecular formula is C18H24N4O3. The Labute approximate surface area is 146 Å². The van der Waals surface area contributed by atoms with Gasteiger partial charge in [0.25, 0.3) is 5.56 Å². The Bertz CT molecular complexity index is 844. The van der Waals surface area contributed by atoms with Crippen LogP contribution >= 0.6 is 0 Å². The van der Waals surface area contributed by atoms with Gasteiger partial charge in [0.15, 0.2) is 0 Å². The van der Waals surface area contributed by atoms with Gasteiger partial charge in [-0.25, -0.2) is 9.36 Å². The van der Waals surface area contributed by atoms with Crippen molar-refractivity contribution in [1.29, 1.82) is 5.26 Å². The fourth-order valence-electron chi connectivity index (χ4n) is 4.30. The van der Waals surface area contributed by atoms with Gasteiger partial charge in [0.1, 0.15) is 18.2 Å². The fraction of sp³-hybridized carbons (Fsp3) is 0.667. The van der Waals surface area contributed by atoms with Crippen molar-refractivity contribution in [3.63, 3.8) is 0 Å². The van der Waals surface area contributed by atoms with Crippen molar-refractivity contribution < 1.29 is 4.79 Å². The molecule has 2 heterocycles. The first-order valence-corrected chi connectivity index (χ1v) is 8.95. The number of rotatable bonds is 2. The molecule has 0 radical (unpaired) electrons. The SMILES string of the molecule is Cc1c(C#N)c(=O)n(CC(=O)N2CCCC3CCCCC32)c(=O)n1C. The van der Waals surface area contributed by atoms with Crippen molar-refractivity contribution in [2.75, 3.05) is 6.54 Å². The van der Waals surface area contributed by atoms with Crippen LogP contribution in [-0.2, 0) is 18.4 Å². The van der Waals surface area contributed by atoms with E-state index in [-0.39, 0.29) is 24.1 Å². The number of hydrogen-bond donors (Lipinski definition) is 0. The Balaban J connectivity index is 1.91. The minimum Gasteiger partial charge on any atom is -0.338 e. The van der Waals surface area contributed by atoms with Gasteiger partial charge in [-0.2, -0.15) is 5.26 Å². The molecule has 134 valence electrons. The summed E-state index contributed by atoms with van der Waals surface area (Å²) >= 11 is 0. The molecule has 2 fully saturated rings. The molecule has 1 saturated carbocycles. The van der Waals surface area contributed by atoms with Crippen LogP contribution in [-0.4, -0.2) is 32.5 Å². The lowest BCUT2D eigenvalue weighted by Crippen LogP contribution is -2.52. The second kappa shape index (κ2) is 6.87. The van der Waals surface area contributed by atoms with Crippen LogP contribution in [0.5, 0.6) is 0 Å². The van der Waals surface area contributed by atoms with Crippen molar-refractivity contribution in [3.8, 4) is 6.07 Å². The second-order valence-corrected chi connectivity index (χ2v) is 7.15. The monoisotopic (exact) mass is 344 g/mol. The number of hydrogen-bond acceptors (Lipinski definition) is 4. The molecule has 2 atom stereocenters. The molecule has 1 aromatic heterocycles. The number of likely N-dealkylation sites (tertiary alicyclic amines) is 1. The number of carbonyl (C=O) groups excluding carboxylic acids is 1. The molecule has 1 aliphatic carbocycles. The molecule has 25 heavy (non-hydrogen) atoms. The standard InChI is InChI=1S/C18H24N4O3/c1-12-14(10-19)17(24)22(18(25)20(12)2)11-16(23)21-9-5-7-13-6-3-4-8-15(13)21/h13,15H,3-9,11H2,1-2H3. The summed E-state index contributed by atoms with van der Waals surface area (Å²) in [5.74, 6) is 0.349. The van der Waals surface area contributed by atoms with E-state index in [1.165, 1.54) is 18.0 Å². The van der Waals surface area contributed by atoms with Gasteiger partial charge in [-0.3, -0.25) is 14.2 Å². The molecular weight excluding hydrogens is 320 g/mol. The van der Waals surface area contributed by atoms with Gasteiger partial charge in [0.05, 0.1) is 0 Å². The number of nitriles is 1. The third-order valence-corrected chi connectivity index (χ3v) is 5.81. The topological polar surface area (TPSA) is 88.1 Å². The first kappa shape index (κ1) is 17.5. The van der Waals surface area contributed by atoms with Crippen molar-refractivity contribution in [2.24, 2.45) is 13.0 Å². The normalized spacial score (nSPS) is 23.0. The smallest absolute Gasteiger partial charge is 0.331 e. The molecule has 2 unspecified atom stereocenters. The van der Waals surface area contributed by atoms with Crippen LogP contribution in [0.2, 0.25) is 0 Å². The van der Waals surface area contributed by atoms with Crippen LogP contribution in [0.1, 0.15) is 49.8 Å². The molecule has 3 rings (SSSR count). The van der Waals surface area contributed by atoms with E-state index in [1.807, 2.05) is 11.0 Å². The van der Waals surface area contributed by atoms with E-state index in [0.29, 0.717) is 18.2 Å². The Hall–Kier alpha value is -2.36. The van der Waals surface area contributed by atoms with Gasteiger partial charge in [0, 0.05) is 25.3 Å². The van der Waals surface area contributed by atoms with Gasteiger partial charge in [0.2, 0.25) is 5.91 Å². The maximum Gasteiger partial charge on any atom is 0.331 e. The highest BCUT2D eigenvalue weighted by Crippen LogP contribution is 2.35.